The molecule has 1 amide bonds. The molecule has 29 heavy (non-hydrogen) atoms. The van der Waals surface area contributed by atoms with Crippen molar-refractivity contribution in [3.63, 3.8) is 0 Å². The summed E-state index contributed by atoms with van der Waals surface area (Å²) in [5.74, 6) is 1.15. The molecule has 1 unspecified atom stereocenters. The van der Waals surface area contributed by atoms with Crippen LogP contribution in [0.4, 0.5) is 4.39 Å². The first-order valence-electron chi connectivity index (χ1n) is 9.91. The van der Waals surface area contributed by atoms with E-state index in [4.69, 9.17) is 4.42 Å². The maximum atomic E-state index is 13.1. The van der Waals surface area contributed by atoms with Crippen LogP contribution in [0.15, 0.2) is 34.9 Å². The molecule has 1 atom stereocenters. The van der Waals surface area contributed by atoms with Crippen LogP contribution in [0.1, 0.15) is 58.1 Å². The SMILES string of the molecule is Cc1nc(C)c(CC(=O)N2CCCCC2c2ncc(Cc3ccc(F)cc3)o2)s1. The smallest absolute Gasteiger partial charge is 0.228 e. The Balaban J connectivity index is 1.48. The zero-order valence-corrected chi connectivity index (χ0v) is 17.5. The monoisotopic (exact) mass is 413 g/mol. The second-order valence-electron chi connectivity index (χ2n) is 7.49. The Labute approximate surface area is 173 Å². The summed E-state index contributed by atoms with van der Waals surface area (Å²) in [5.41, 5.74) is 1.90. The van der Waals surface area contributed by atoms with Crippen LogP contribution < -0.4 is 0 Å². The molecule has 3 heterocycles. The van der Waals surface area contributed by atoms with Crippen molar-refractivity contribution < 1.29 is 13.6 Å². The summed E-state index contributed by atoms with van der Waals surface area (Å²) in [5, 5.41) is 0.985. The lowest BCUT2D eigenvalue weighted by Crippen LogP contribution is -2.39. The normalized spacial score (nSPS) is 16.9. The van der Waals surface area contributed by atoms with E-state index in [9.17, 15) is 9.18 Å². The van der Waals surface area contributed by atoms with Gasteiger partial charge in [0.1, 0.15) is 17.6 Å². The third-order valence-electron chi connectivity index (χ3n) is 5.28. The first kappa shape index (κ1) is 19.8. The average Bonchev–Trinajstić information content (AvgIpc) is 3.29. The molecule has 1 aromatic carbocycles. The zero-order valence-electron chi connectivity index (χ0n) is 16.7. The molecule has 4 rings (SSSR count). The van der Waals surface area contributed by atoms with Gasteiger partial charge in [0.2, 0.25) is 11.8 Å². The first-order valence-corrected chi connectivity index (χ1v) is 10.7. The van der Waals surface area contributed by atoms with E-state index in [1.54, 1.807) is 29.7 Å². The fourth-order valence-electron chi connectivity index (χ4n) is 3.83. The van der Waals surface area contributed by atoms with E-state index in [1.165, 1.54) is 12.1 Å². The largest absolute Gasteiger partial charge is 0.443 e. The maximum Gasteiger partial charge on any atom is 0.228 e. The van der Waals surface area contributed by atoms with Gasteiger partial charge in [-0.3, -0.25) is 4.79 Å². The number of aromatic nitrogens is 2. The van der Waals surface area contributed by atoms with Gasteiger partial charge in [0.15, 0.2) is 0 Å². The fraction of sp³-hybridized carbons (Fsp3) is 0.409. The highest BCUT2D eigenvalue weighted by Crippen LogP contribution is 2.32. The van der Waals surface area contributed by atoms with Gasteiger partial charge >= 0.3 is 0 Å². The van der Waals surface area contributed by atoms with Crippen LogP contribution in [0.3, 0.4) is 0 Å². The number of halogens is 1. The highest BCUT2D eigenvalue weighted by molar-refractivity contribution is 7.11. The number of carbonyl (C=O) groups is 1. The van der Waals surface area contributed by atoms with Crippen molar-refractivity contribution in [2.45, 2.75) is 52.0 Å². The minimum absolute atomic E-state index is 0.0970. The number of carbonyl (C=O) groups excluding carboxylic acids is 1. The average molecular weight is 414 g/mol. The summed E-state index contributed by atoms with van der Waals surface area (Å²) >= 11 is 1.59. The number of piperidine rings is 1. The van der Waals surface area contributed by atoms with Crippen molar-refractivity contribution >= 4 is 17.2 Å². The number of thiazole rings is 1. The van der Waals surface area contributed by atoms with Gasteiger partial charge in [-0.05, 0) is 50.8 Å². The van der Waals surface area contributed by atoms with Crippen molar-refractivity contribution in [1.29, 1.82) is 0 Å². The standard InChI is InChI=1S/C22H24FN3O2S/c1-14-20(29-15(2)25-14)12-21(27)26-10-4-3-5-19(26)22-24-13-18(28-22)11-16-6-8-17(23)9-7-16/h6-9,13,19H,3-5,10-12H2,1-2H3. The second-order valence-corrected chi connectivity index (χ2v) is 8.77. The number of benzene rings is 1. The number of oxazole rings is 1. The van der Waals surface area contributed by atoms with Crippen molar-refractivity contribution in [3.05, 3.63) is 69.1 Å². The number of amides is 1. The minimum Gasteiger partial charge on any atom is -0.443 e. The predicted octanol–water partition coefficient (Wildman–Crippen LogP) is 4.77. The van der Waals surface area contributed by atoms with Crippen molar-refractivity contribution in [2.24, 2.45) is 0 Å². The van der Waals surface area contributed by atoms with Crippen LogP contribution >= 0.6 is 11.3 Å². The number of aryl methyl sites for hydroxylation is 2. The van der Waals surface area contributed by atoms with Gasteiger partial charge < -0.3 is 9.32 Å². The molecule has 1 aliphatic rings. The summed E-state index contributed by atoms with van der Waals surface area (Å²) in [6.45, 7) is 4.64. The lowest BCUT2D eigenvalue weighted by Gasteiger charge is -2.33. The molecule has 7 heteroatoms. The molecule has 0 radical (unpaired) electrons. The Morgan fingerprint density at radius 2 is 2.07 bits per heavy atom. The van der Waals surface area contributed by atoms with E-state index in [0.29, 0.717) is 18.7 Å². The van der Waals surface area contributed by atoms with Gasteiger partial charge in [-0.15, -0.1) is 11.3 Å². The van der Waals surface area contributed by atoms with E-state index in [-0.39, 0.29) is 17.8 Å². The van der Waals surface area contributed by atoms with E-state index >= 15 is 0 Å². The van der Waals surface area contributed by atoms with Crippen LogP contribution in [0.5, 0.6) is 0 Å². The topological polar surface area (TPSA) is 59.2 Å². The zero-order chi connectivity index (χ0) is 20.4. The number of hydrogen-bond acceptors (Lipinski definition) is 5. The molecule has 1 aliphatic heterocycles. The molecule has 5 nitrogen and oxygen atoms in total. The van der Waals surface area contributed by atoms with E-state index in [2.05, 4.69) is 9.97 Å². The van der Waals surface area contributed by atoms with Gasteiger partial charge in [0, 0.05) is 17.8 Å². The van der Waals surface area contributed by atoms with Crippen LogP contribution in [-0.4, -0.2) is 27.3 Å². The Morgan fingerprint density at radius 1 is 1.28 bits per heavy atom. The van der Waals surface area contributed by atoms with Crippen LogP contribution in [0, 0.1) is 19.7 Å². The highest BCUT2D eigenvalue weighted by Gasteiger charge is 2.31. The molecule has 0 bridgehead atoms. The minimum atomic E-state index is -0.255. The van der Waals surface area contributed by atoms with Gasteiger partial charge in [0.25, 0.3) is 0 Å². The molecule has 0 saturated carbocycles. The van der Waals surface area contributed by atoms with Crippen LogP contribution in [0.2, 0.25) is 0 Å². The van der Waals surface area contributed by atoms with Gasteiger partial charge in [-0.2, -0.15) is 0 Å². The Kier molecular flexibility index (Phi) is 5.76. The Hall–Kier alpha value is -2.54. The predicted molar refractivity (Wildman–Crippen MR) is 109 cm³/mol. The van der Waals surface area contributed by atoms with E-state index in [0.717, 1.165) is 52.7 Å². The molecule has 1 saturated heterocycles. The maximum absolute atomic E-state index is 13.1. The lowest BCUT2D eigenvalue weighted by molar-refractivity contribution is -0.134. The second kappa shape index (κ2) is 8.45. The molecule has 0 spiro atoms. The van der Waals surface area contributed by atoms with Gasteiger partial charge in [0.05, 0.1) is 23.3 Å². The Bertz CT molecular complexity index is 996. The van der Waals surface area contributed by atoms with Gasteiger partial charge in [-0.1, -0.05) is 12.1 Å². The molecule has 0 aliphatic carbocycles. The Morgan fingerprint density at radius 3 is 2.79 bits per heavy atom. The quantitative estimate of drug-likeness (QED) is 0.604. The summed E-state index contributed by atoms with van der Waals surface area (Å²) in [4.78, 5) is 24.9. The summed E-state index contributed by atoms with van der Waals surface area (Å²) < 4.78 is 19.1. The summed E-state index contributed by atoms with van der Waals surface area (Å²) in [6, 6.07) is 6.24. The number of hydrogen-bond donors (Lipinski definition) is 0. The van der Waals surface area contributed by atoms with Crippen LogP contribution in [0.25, 0.3) is 0 Å². The van der Waals surface area contributed by atoms with Crippen LogP contribution in [-0.2, 0) is 17.6 Å². The molecule has 3 aromatic rings. The van der Waals surface area contributed by atoms with E-state index < -0.39 is 0 Å². The molecular formula is C22H24FN3O2S. The number of nitrogens with zero attached hydrogens (tertiary/aromatic N) is 3. The number of rotatable bonds is 5. The van der Waals surface area contributed by atoms with Crippen molar-refractivity contribution in [2.75, 3.05) is 6.54 Å². The molecule has 0 N–H and O–H groups in total. The third-order valence-corrected chi connectivity index (χ3v) is 6.36. The molecule has 2 aromatic heterocycles. The summed E-state index contributed by atoms with van der Waals surface area (Å²) in [6.07, 6.45) is 5.52. The van der Waals surface area contributed by atoms with Gasteiger partial charge in [-0.25, -0.2) is 14.4 Å². The lowest BCUT2D eigenvalue weighted by atomic mass is 10.0. The molecule has 152 valence electrons. The number of likely N-dealkylation sites (tertiary alicyclic amines) is 1. The van der Waals surface area contributed by atoms with Crippen molar-refractivity contribution in [3.8, 4) is 0 Å². The van der Waals surface area contributed by atoms with E-state index in [1.807, 2.05) is 18.7 Å². The highest BCUT2D eigenvalue weighted by atomic mass is 32.1. The third kappa shape index (κ3) is 4.56. The fourth-order valence-corrected chi connectivity index (χ4v) is 4.75. The molecular weight excluding hydrogens is 389 g/mol. The van der Waals surface area contributed by atoms with Crippen molar-refractivity contribution in [1.82, 2.24) is 14.9 Å². The first-order chi connectivity index (χ1) is 14.0. The molecule has 1 fully saturated rings. The summed E-state index contributed by atoms with van der Waals surface area (Å²) in [7, 11) is 0.